The van der Waals surface area contributed by atoms with Crippen LogP contribution in [-0.2, 0) is 4.79 Å². The number of hydrogen-bond acceptors (Lipinski definition) is 4. The molecule has 5 heteroatoms. The van der Waals surface area contributed by atoms with Gasteiger partial charge in [-0.15, -0.1) is 0 Å². The van der Waals surface area contributed by atoms with Crippen LogP contribution in [0.15, 0.2) is 42.5 Å². The number of carbonyl (C=O) groups is 1. The van der Waals surface area contributed by atoms with Gasteiger partial charge in [-0.3, -0.25) is 4.79 Å². The van der Waals surface area contributed by atoms with Gasteiger partial charge in [-0.2, -0.15) is 5.26 Å². The van der Waals surface area contributed by atoms with E-state index in [4.69, 9.17) is 10.00 Å². The second kappa shape index (κ2) is 7.85. The Morgan fingerprint density at radius 1 is 1.22 bits per heavy atom. The number of anilines is 2. The quantitative estimate of drug-likeness (QED) is 0.858. The molecule has 23 heavy (non-hydrogen) atoms. The third kappa shape index (κ3) is 4.48. The number of rotatable bonds is 6. The first-order valence-corrected chi connectivity index (χ1v) is 7.31. The lowest BCUT2D eigenvalue weighted by molar-refractivity contribution is -0.116. The summed E-state index contributed by atoms with van der Waals surface area (Å²) in [6.45, 7) is 2.40. The molecule has 1 amide bonds. The van der Waals surface area contributed by atoms with Crippen LogP contribution < -0.4 is 15.4 Å². The number of amides is 1. The predicted octanol–water partition coefficient (Wildman–Crippen LogP) is 3.32. The lowest BCUT2D eigenvalue weighted by Gasteiger charge is -2.12. The standard InChI is InChI=1S/C18H19N3O2/c1-13-7-8-17(23-2)16(11-13)21-18(22)9-10-20-15-6-4-3-5-14(15)12-19/h3-8,11,20H,9-10H2,1-2H3,(H,21,22). The zero-order valence-corrected chi connectivity index (χ0v) is 13.2. The van der Waals surface area contributed by atoms with Crippen molar-refractivity contribution < 1.29 is 9.53 Å². The van der Waals surface area contributed by atoms with Crippen molar-refractivity contribution in [1.82, 2.24) is 0 Å². The first-order valence-electron chi connectivity index (χ1n) is 7.31. The summed E-state index contributed by atoms with van der Waals surface area (Å²) in [5, 5.41) is 15.0. The predicted molar refractivity (Wildman–Crippen MR) is 90.6 cm³/mol. The van der Waals surface area contributed by atoms with Crippen LogP contribution in [-0.4, -0.2) is 19.6 Å². The normalized spacial score (nSPS) is 9.78. The molecular weight excluding hydrogens is 290 g/mol. The van der Waals surface area contributed by atoms with Gasteiger partial charge in [0, 0.05) is 13.0 Å². The third-order valence-corrected chi connectivity index (χ3v) is 3.34. The highest BCUT2D eigenvalue weighted by Crippen LogP contribution is 2.25. The molecule has 0 aromatic heterocycles. The molecule has 0 fully saturated rings. The molecule has 2 N–H and O–H groups in total. The average molecular weight is 309 g/mol. The fraction of sp³-hybridized carbons (Fsp3) is 0.222. The van der Waals surface area contributed by atoms with Gasteiger partial charge >= 0.3 is 0 Å². The van der Waals surface area contributed by atoms with Crippen molar-refractivity contribution in [3.63, 3.8) is 0 Å². The van der Waals surface area contributed by atoms with Crippen molar-refractivity contribution >= 4 is 17.3 Å². The molecule has 118 valence electrons. The van der Waals surface area contributed by atoms with Crippen LogP contribution in [0.25, 0.3) is 0 Å². The second-order valence-corrected chi connectivity index (χ2v) is 5.09. The maximum absolute atomic E-state index is 12.1. The average Bonchev–Trinajstić information content (AvgIpc) is 2.55. The summed E-state index contributed by atoms with van der Waals surface area (Å²) < 4.78 is 5.24. The van der Waals surface area contributed by atoms with Gasteiger partial charge in [-0.25, -0.2) is 0 Å². The summed E-state index contributed by atoms with van der Waals surface area (Å²) in [6, 6.07) is 14.9. The minimum Gasteiger partial charge on any atom is -0.495 e. The number of hydrogen-bond donors (Lipinski definition) is 2. The number of nitriles is 1. The Balaban J connectivity index is 1.91. The highest BCUT2D eigenvalue weighted by Gasteiger charge is 2.08. The fourth-order valence-electron chi connectivity index (χ4n) is 2.18. The first-order chi connectivity index (χ1) is 11.1. The number of aryl methyl sites for hydroxylation is 1. The van der Waals surface area contributed by atoms with Gasteiger partial charge in [0.15, 0.2) is 0 Å². The van der Waals surface area contributed by atoms with E-state index in [-0.39, 0.29) is 12.3 Å². The molecule has 0 aliphatic carbocycles. The minimum atomic E-state index is -0.115. The fourth-order valence-corrected chi connectivity index (χ4v) is 2.18. The van der Waals surface area contributed by atoms with Gasteiger partial charge in [0.2, 0.25) is 5.91 Å². The van der Waals surface area contributed by atoms with Crippen molar-refractivity contribution in [2.24, 2.45) is 0 Å². The number of nitrogens with zero attached hydrogens (tertiary/aromatic N) is 1. The van der Waals surface area contributed by atoms with Crippen molar-refractivity contribution in [3.8, 4) is 11.8 Å². The monoisotopic (exact) mass is 309 g/mol. The Morgan fingerprint density at radius 3 is 2.74 bits per heavy atom. The molecule has 0 saturated carbocycles. The number of methoxy groups -OCH3 is 1. The lowest BCUT2D eigenvalue weighted by Crippen LogP contribution is -2.17. The van der Waals surface area contributed by atoms with Crippen LogP contribution in [0, 0.1) is 18.3 Å². The van der Waals surface area contributed by atoms with E-state index in [0.717, 1.165) is 11.3 Å². The number of nitrogens with one attached hydrogen (secondary N) is 2. The zero-order valence-electron chi connectivity index (χ0n) is 13.2. The van der Waals surface area contributed by atoms with Gasteiger partial charge in [0.1, 0.15) is 11.8 Å². The van der Waals surface area contributed by atoms with E-state index in [2.05, 4.69) is 16.7 Å². The molecule has 0 spiro atoms. The van der Waals surface area contributed by atoms with Crippen molar-refractivity contribution in [2.75, 3.05) is 24.3 Å². The SMILES string of the molecule is COc1ccc(C)cc1NC(=O)CCNc1ccccc1C#N. The van der Waals surface area contributed by atoms with E-state index in [9.17, 15) is 4.79 Å². The summed E-state index contributed by atoms with van der Waals surface area (Å²) in [5.74, 6) is 0.516. The van der Waals surface area contributed by atoms with Crippen LogP contribution >= 0.6 is 0 Å². The number of carbonyl (C=O) groups excluding carboxylic acids is 1. The summed E-state index contributed by atoms with van der Waals surface area (Å²) in [7, 11) is 1.57. The van der Waals surface area contributed by atoms with E-state index in [1.165, 1.54) is 0 Å². The van der Waals surface area contributed by atoms with Gasteiger partial charge in [-0.1, -0.05) is 18.2 Å². The van der Waals surface area contributed by atoms with Crippen molar-refractivity contribution in [2.45, 2.75) is 13.3 Å². The molecule has 0 bridgehead atoms. The second-order valence-electron chi connectivity index (χ2n) is 5.09. The molecule has 0 aliphatic rings. The maximum atomic E-state index is 12.1. The largest absolute Gasteiger partial charge is 0.495 e. The van der Waals surface area contributed by atoms with Gasteiger partial charge in [0.25, 0.3) is 0 Å². The van der Waals surface area contributed by atoms with Gasteiger partial charge in [0.05, 0.1) is 24.0 Å². The molecule has 0 radical (unpaired) electrons. The number of ether oxygens (including phenoxy) is 1. The van der Waals surface area contributed by atoms with E-state index in [0.29, 0.717) is 23.5 Å². The van der Waals surface area contributed by atoms with E-state index in [1.807, 2.05) is 37.3 Å². The van der Waals surface area contributed by atoms with E-state index in [1.54, 1.807) is 19.2 Å². The van der Waals surface area contributed by atoms with Gasteiger partial charge in [-0.05, 0) is 36.8 Å². The molecule has 0 unspecified atom stereocenters. The molecule has 2 rings (SSSR count). The highest BCUT2D eigenvalue weighted by molar-refractivity contribution is 5.92. The minimum absolute atomic E-state index is 0.115. The lowest BCUT2D eigenvalue weighted by atomic mass is 10.2. The molecule has 0 saturated heterocycles. The van der Waals surface area contributed by atoms with Crippen LogP contribution in [0.4, 0.5) is 11.4 Å². The van der Waals surface area contributed by atoms with E-state index < -0.39 is 0 Å². The first kappa shape index (κ1) is 16.4. The molecule has 2 aromatic rings. The molecule has 2 aromatic carbocycles. The van der Waals surface area contributed by atoms with Crippen molar-refractivity contribution in [3.05, 3.63) is 53.6 Å². The molecule has 0 aliphatic heterocycles. The molecular formula is C18H19N3O2. The zero-order chi connectivity index (χ0) is 16.7. The smallest absolute Gasteiger partial charge is 0.226 e. The van der Waals surface area contributed by atoms with E-state index >= 15 is 0 Å². The molecule has 5 nitrogen and oxygen atoms in total. The Kier molecular flexibility index (Phi) is 5.59. The molecule has 0 heterocycles. The maximum Gasteiger partial charge on any atom is 0.226 e. The molecule has 0 atom stereocenters. The summed E-state index contributed by atoms with van der Waals surface area (Å²) in [5.41, 5.74) is 3.00. The Labute approximate surface area is 135 Å². The van der Waals surface area contributed by atoms with Crippen LogP contribution in [0.5, 0.6) is 5.75 Å². The van der Waals surface area contributed by atoms with Crippen LogP contribution in [0.3, 0.4) is 0 Å². The third-order valence-electron chi connectivity index (χ3n) is 3.34. The van der Waals surface area contributed by atoms with Gasteiger partial charge < -0.3 is 15.4 Å². The van der Waals surface area contributed by atoms with Crippen LogP contribution in [0.2, 0.25) is 0 Å². The van der Waals surface area contributed by atoms with Crippen molar-refractivity contribution in [1.29, 1.82) is 5.26 Å². The van der Waals surface area contributed by atoms with Crippen LogP contribution in [0.1, 0.15) is 17.5 Å². The topological polar surface area (TPSA) is 74.2 Å². The Hall–Kier alpha value is -3.00. The summed E-state index contributed by atoms with van der Waals surface area (Å²) in [6.07, 6.45) is 0.289. The summed E-state index contributed by atoms with van der Waals surface area (Å²) >= 11 is 0. The number of para-hydroxylation sites is 1. The highest BCUT2D eigenvalue weighted by atomic mass is 16.5. The Bertz CT molecular complexity index is 735. The number of benzene rings is 2. The Morgan fingerprint density at radius 2 is 2.00 bits per heavy atom. The summed E-state index contributed by atoms with van der Waals surface area (Å²) in [4.78, 5) is 12.1.